The molecule has 1 saturated carbocycles. The number of hydrogen-bond acceptors (Lipinski definition) is 4. The molecule has 2 aromatic rings. The molecule has 3 atom stereocenters. The number of nitrogens with zero attached hydrogens (tertiary/aromatic N) is 2. The van der Waals surface area contributed by atoms with Gasteiger partial charge < -0.3 is 10.2 Å². The normalized spacial score (nSPS) is 25.3. The Labute approximate surface area is 151 Å². The van der Waals surface area contributed by atoms with Gasteiger partial charge in [0.2, 0.25) is 5.91 Å². The van der Waals surface area contributed by atoms with Gasteiger partial charge in [-0.05, 0) is 24.7 Å². The maximum atomic E-state index is 12.8. The third-order valence-electron chi connectivity index (χ3n) is 5.44. The number of fused-ring (bicyclic) bond motifs is 1. The molecule has 0 bridgehead atoms. The summed E-state index contributed by atoms with van der Waals surface area (Å²) in [5, 5.41) is 5.65. The Morgan fingerprint density at radius 2 is 2.00 bits per heavy atom. The predicted molar refractivity (Wildman–Crippen MR) is 97.3 cm³/mol. The first-order valence-electron chi connectivity index (χ1n) is 8.66. The molecule has 2 fully saturated rings. The highest BCUT2D eigenvalue weighted by atomic mass is 32.1. The van der Waals surface area contributed by atoms with Crippen molar-refractivity contribution in [2.45, 2.75) is 25.3 Å². The number of rotatable bonds is 3. The lowest BCUT2D eigenvalue weighted by Gasteiger charge is -2.24. The number of piperidine rings is 1. The molecule has 2 heterocycles. The van der Waals surface area contributed by atoms with E-state index in [-0.39, 0.29) is 17.9 Å². The number of hydrogen-bond donors (Lipinski definition) is 1. The van der Waals surface area contributed by atoms with Gasteiger partial charge in [-0.25, -0.2) is 4.98 Å². The SMILES string of the molecule is CN(C(=O)c1csc(-c2ccccc2)n1)[C@H]1C[C@H]2CNC(=O)C[C@H]2C1. The second-order valence-electron chi connectivity index (χ2n) is 6.97. The predicted octanol–water partition coefficient (Wildman–Crippen LogP) is 2.80. The molecule has 1 aliphatic carbocycles. The van der Waals surface area contributed by atoms with E-state index in [1.165, 1.54) is 11.3 Å². The monoisotopic (exact) mass is 355 g/mol. The summed E-state index contributed by atoms with van der Waals surface area (Å²) in [6, 6.07) is 10.1. The first kappa shape index (κ1) is 16.3. The average molecular weight is 355 g/mol. The van der Waals surface area contributed by atoms with Gasteiger partial charge in [0, 0.05) is 37.0 Å². The van der Waals surface area contributed by atoms with E-state index in [1.54, 1.807) is 0 Å². The number of benzene rings is 1. The third-order valence-corrected chi connectivity index (χ3v) is 6.33. The van der Waals surface area contributed by atoms with Crippen LogP contribution >= 0.6 is 11.3 Å². The van der Waals surface area contributed by atoms with Crippen molar-refractivity contribution >= 4 is 23.2 Å². The Morgan fingerprint density at radius 1 is 1.24 bits per heavy atom. The molecule has 2 amide bonds. The van der Waals surface area contributed by atoms with E-state index in [0.29, 0.717) is 24.0 Å². The molecule has 6 heteroatoms. The number of amides is 2. The minimum absolute atomic E-state index is 0.0265. The van der Waals surface area contributed by atoms with E-state index in [1.807, 2.05) is 47.7 Å². The van der Waals surface area contributed by atoms with Crippen LogP contribution in [0.2, 0.25) is 0 Å². The molecule has 1 saturated heterocycles. The van der Waals surface area contributed by atoms with Crippen molar-refractivity contribution in [2.24, 2.45) is 11.8 Å². The van der Waals surface area contributed by atoms with Crippen LogP contribution in [0.4, 0.5) is 0 Å². The smallest absolute Gasteiger partial charge is 0.273 e. The number of thiazole rings is 1. The standard InChI is InChI=1S/C19H21N3O2S/c1-22(15-7-13-9-17(23)20-10-14(13)8-15)19(24)16-11-25-18(21-16)12-5-3-2-4-6-12/h2-6,11,13-15H,7-10H2,1H3,(H,20,23)/t13-,14+,15-/m1/s1. The summed E-state index contributed by atoms with van der Waals surface area (Å²) >= 11 is 1.50. The fourth-order valence-electron chi connectivity index (χ4n) is 3.98. The molecule has 5 nitrogen and oxygen atoms in total. The molecule has 0 spiro atoms. The second kappa shape index (κ2) is 6.59. The third kappa shape index (κ3) is 3.18. The highest BCUT2D eigenvalue weighted by Crippen LogP contribution is 2.38. The molecule has 0 unspecified atom stereocenters. The van der Waals surface area contributed by atoms with Crippen molar-refractivity contribution in [3.05, 3.63) is 41.4 Å². The van der Waals surface area contributed by atoms with E-state index in [2.05, 4.69) is 10.3 Å². The molecule has 1 aromatic heterocycles. The van der Waals surface area contributed by atoms with Crippen molar-refractivity contribution in [2.75, 3.05) is 13.6 Å². The summed E-state index contributed by atoms with van der Waals surface area (Å²) in [4.78, 5) is 30.8. The second-order valence-corrected chi connectivity index (χ2v) is 7.83. The largest absolute Gasteiger partial charge is 0.356 e. The van der Waals surface area contributed by atoms with Crippen LogP contribution in [-0.4, -0.2) is 41.3 Å². The van der Waals surface area contributed by atoms with Gasteiger partial charge in [-0.15, -0.1) is 11.3 Å². The van der Waals surface area contributed by atoms with Crippen molar-refractivity contribution in [1.82, 2.24) is 15.2 Å². The van der Waals surface area contributed by atoms with E-state index in [9.17, 15) is 9.59 Å². The van der Waals surface area contributed by atoms with Gasteiger partial charge in [-0.3, -0.25) is 9.59 Å². The topological polar surface area (TPSA) is 62.3 Å². The van der Waals surface area contributed by atoms with Crippen molar-refractivity contribution < 1.29 is 9.59 Å². The molecule has 25 heavy (non-hydrogen) atoms. The van der Waals surface area contributed by atoms with E-state index < -0.39 is 0 Å². The van der Waals surface area contributed by atoms with Crippen molar-refractivity contribution in [3.8, 4) is 10.6 Å². The van der Waals surface area contributed by atoms with Crippen LogP contribution in [0.1, 0.15) is 29.8 Å². The van der Waals surface area contributed by atoms with E-state index in [4.69, 9.17) is 0 Å². The van der Waals surface area contributed by atoms with Gasteiger partial charge in [-0.2, -0.15) is 0 Å². The van der Waals surface area contributed by atoms with Crippen LogP contribution in [0.3, 0.4) is 0 Å². The van der Waals surface area contributed by atoms with Gasteiger partial charge in [0.1, 0.15) is 10.7 Å². The van der Waals surface area contributed by atoms with Crippen LogP contribution in [-0.2, 0) is 4.79 Å². The molecular weight excluding hydrogens is 334 g/mol. The lowest BCUT2D eigenvalue weighted by molar-refractivity contribution is -0.124. The first-order chi connectivity index (χ1) is 12.1. The van der Waals surface area contributed by atoms with Crippen molar-refractivity contribution in [1.29, 1.82) is 0 Å². The number of carbonyl (C=O) groups is 2. The van der Waals surface area contributed by atoms with E-state index in [0.717, 1.165) is 30.0 Å². The summed E-state index contributed by atoms with van der Waals surface area (Å²) in [5.41, 5.74) is 1.54. The summed E-state index contributed by atoms with van der Waals surface area (Å²) in [7, 11) is 1.86. The van der Waals surface area contributed by atoms with Crippen LogP contribution in [0.15, 0.2) is 35.7 Å². The van der Waals surface area contributed by atoms with E-state index >= 15 is 0 Å². The number of carbonyl (C=O) groups excluding carboxylic acids is 2. The number of nitrogens with one attached hydrogen (secondary N) is 1. The van der Waals surface area contributed by atoms with Crippen LogP contribution in [0.25, 0.3) is 10.6 Å². The Morgan fingerprint density at radius 3 is 2.80 bits per heavy atom. The molecule has 1 aromatic carbocycles. The summed E-state index contributed by atoms with van der Waals surface area (Å²) in [5.74, 6) is 1.02. The zero-order valence-electron chi connectivity index (χ0n) is 14.1. The Kier molecular flexibility index (Phi) is 4.29. The molecule has 130 valence electrons. The lowest BCUT2D eigenvalue weighted by Crippen LogP contribution is -2.38. The highest BCUT2D eigenvalue weighted by molar-refractivity contribution is 7.13. The summed E-state index contributed by atoms with van der Waals surface area (Å²) in [6.07, 6.45) is 2.47. The molecule has 4 rings (SSSR count). The Hall–Kier alpha value is -2.21. The van der Waals surface area contributed by atoms with Crippen LogP contribution in [0, 0.1) is 11.8 Å². The minimum Gasteiger partial charge on any atom is -0.356 e. The highest BCUT2D eigenvalue weighted by Gasteiger charge is 2.40. The maximum Gasteiger partial charge on any atom is 0.273 e. The van der Waals surface area contributed by atoms with Gasteiger partial charge >= 0.3 is 0 Å². The summed E-state index contributed by atoms with van der Waals surface area (Å²) in [6.45, 7) is 0.747. The van der Waals surface area contributed by atoms with Gasteiger partial charge in [-0.1, -0.05) is 30.3 Å². The fourth-order valence-corrected chi connectivity index (χ4v) is 4.78. The minimum atomic E-state index is -0.0265. The molecule has 0 radical (unpaired) electrons. The molecule has 2 aliphatic rings. The summed E-state index contributed by atoms with van der Waals surface area (Å²) < 4.78 is 0. The average Bonchev–Trinajstić information content (AvgIpc) is 3.28. The van der Waals surface area contributed by atoms with Crippen LogP contribution < -0.4 is 5.32 Å². The Balaban J connectivity index is 1.46. The first-order valence-corrected chi connectivity index (χ1v) is 9.54. The van der Waals surface area contributed by atoms with Gasteiger partial charge in [0.25, 0.3) is 5.91 Å². The lowest BCUT2D eigenvalue weighted by atomic mass is 9.89. The molecular formula is C19H21N3O2S. The molecule has 1 N–H and O–H groups in total. The maximum absolute atomic E-state index is 12.8. The Bertz CT molecular complexity index is 789. The van der Waals surface area contributed by atoms with Crippen LogP contribution in [0.5, 0.6) is 0 Å². The molecule has 1 aliphatic heterocycles. The quantitative estimate of drug-likeness (QED) is 0.921. The zero-order chi connectivity index (χ0) is 17.4. The fraction of sp³-hybridized carbons (Fsp3) is 0.421. The van der Waals surface area contributed by atoms with Crippen molar-refractivity contribution in [3.63, 3.8) is 0 Å². The van der Waals surface area contributed by atoms with Gasteiger partial charge in [0.15, 0.2) is 0 Å². The van der Waals surface area contributed by atoms with Gasteiger partial charge in [0.05, 0.1) is 0 Å². The number of aromatic nitrogens is 1. The zero-order valence-corrected chi connectivity index (χ0v) is 15.0.